The van der Waals surface area contributed by atoms with E-state index in [4.69, 9.17) is 5.73 Å². The summed E-state index contributed by atoms with van der Waals surface area (Å²) < 4.78 is 1.85. The molecular weight excluding hydrogens is 252 g/mol. The van der Waals surface area contributed by atoms with Gasteiger partial charge >= 0.3 is 0 Å². The third kappa shape index (κ3) is 2.96. The van der Waals surface area contributed by atoms with Gasteiger partial charge in [-0.05, 0) is 25.5 Å². The zero-order chi connectivity index (χ0) is 13.9. The lowest BCUT2D eigenvalue weighted by Crippen LogP contribution is -2.34. The van der Waals surface area contributed by atoms with Gasteiger partial charge in [0.1, 0.15) is 0 Å². The average Bonchev–Trinajstić information content (AvgIpc) is 2.84. The third-order valence-corrected chi connectivity index (χ3v) is 3.78. The molecule has 1 aliphatic rings. The van der Waals surface area contributed by atoms with Crippen LogP contribution in [0, 0.1) is 0 Å². The molecule has 0 spiro atoms. The Morgan fingerprint density at radius 3 is 3.10 bits per heavy atom. The van der Waals surface area contributed by atoms with Crippen LogP contribution in [0.3, 0.4) is 0 Å². The fourth-order valence-corrected chi connectivity index (χ4v) is 2.87. The molecule has 1 aliphatic heterocycles. The Labute approximate surface area is 118 Å². The van der Waals surface area contributed by atoms with Crippen LogP contribution in [-0.2, 0) is 13.6 Å². The largest absolute Gasteiger partial charge is 0.368 e. The molecule has 2 aromatic rings. The van der Waals surface area contributed by atoms with Crippen LogP contribution in [0.25, 0.3) is 0 Å². The first-order valence-electron chi connectivity index (χ1n) is 6.99. The molecule has 0 saturated carbocycles. The minimum atomic E-state index is 0.367. The first-order chi connectivity index (χ1) is 9.70. The van der Waals surface area contributed by atoms with E-state index in [1.165, 1.54) is 18.4 Å². The Kier molecular flexibility index (Phi) is 3.64. The van der Waals surface area contributed by atoms with Gasteiger partial charge in [-0.2, -0.15) is 5.10 Å². The van der Waals surface area contributed by atoms with Crippen molar-refractivity contribution in [1.82, 2.24) is 24.6 Å². The highest BCUT2D eigenvalue weighted by atomic mass is 15.2. The molecule has 0 aromatic carbocycles. The monoisotopic (exact) mass is 272 g/mol. The fraction of sp³-hybridized carbons (Fsp3) is 0.500. The van der Waals surface area contributed by atoms with Crippen LogP contribution in [0.1, 0.15) is 30.0 Å². The number of nitrogens with two attached hydrogens (primary N) is 1. The molecule has 6 heteroatoms. The number of likely N-dealkylation sites (tertiary alicyclic amines) is 1. The Hall–Kier alpha value is -1.95. The second-order valence-corrected chi connectivity index (χ2v) is 5.44. The third-order valence-electron chi connectivity index (χ3n) is 3.78. The van der Waals surface area contributed by atoms with Crippen LogP contribution in [-0.4, -0.2) is 37.7 Å². The molecule has 3 heterocycles. The normalized spacial score (nSPS) is 20.1. The van der Waals surface area contributed by atoms with Gasteiger partial charge in [0, 0.05) is 44.0 Å². The maximum atomic E-state index is 5.68. The Bertz CT molecular complexity index is 579. The molecule has 1 fully saturated rings. The topological polar surface area (TPSA) is 72.9 Å². The number of nitrogen functional groups attached to an aromatic ring is 1. The van der Waals surface area contributed by atoms with Gasteiger partial charge in [0.15, 0.2) is 0 Å². The smallest absolute Gasteiger partial charge is 0.220 e. The number of rotatable bonds is 3. The number of hydrogen-bond acceptors (Lipinski definition) is 5. The van der Waals surface area contributed by atoms with Gasteiger partial charge < -0.3 is 5.73 Å². The summed E-state index contributed by atoms with van der Waals surface area (Å²) >= 11 is 0. The lowest BCUT2D eigenvalue weighted by molar-refractivity contribution is 0.198. The standard InChI is InChI=1S/C14H20N6/c1-19-8-11(7-17-19)9-20-6-2-3-12(10-20)13-4-5-16-14(15)18-13/h4-5,7-8,12H,2-3,6,9-10H2,1H3,(H2,15,16,18). The van der Waals surface area contributed by atoms with Crippen molar-refractivity contribution in [3.63, 3.8) is 0 Å². The van der Waals surface area contributed by atoms with Crippen molar-refractivity contribution in [2.75, 3.05) is 18.8 Å². The number of aryl methyl sites for hydroxylation is 1. The van der Waals surface area contributed by atoms with Gasteiger partial charge in [-0.1, -0.05) is 0 Å². The summed E-state index contributed by atoms with van der Waals surface area (Å²) in [6, 6.07) is 1.98. The molecule has 1 saturated heterocycles. The summed E-state index contributed by atoms with van der Waals surface area (Å²) in [7, 11) is 1.95. The predicted molar refractivity (Wildman–Crippen MR) is 76.9 cm³/mol. The van der Waals surface area contributed by atoms with Crippen molar-refractivity contribution in [3.05, 3.63) is 35.9 Å². The lowest BCUT2D eigenvalue weighted by Gasteiger charge is -2.32. The maximum absolute atomic E-state index is 5.68. The number of aromatic nitrogens is 4. The number of nitrogens with zero attached hydrogens (tertiary/aromatic N) is 5. The van der Waals surface area contributed by atoms with Gasteiger partial charge in [0.05, 0.1) is 11.9 Å². The van der Waals surface area contributed by atoms with Crippen molar-refractivity contribution in [3.8, 4) is 0 Å². The van der Waals surface area contributed by atoms with Crippen molar-refractivity contribution < 1.29 is 0 Å². The molecule has 0 radical (unpaired) electrons. The van der Waals surface area contributed by atoms with Gasteiger partial charge in [-0.25, -0.2) is 9.97 Å². The van der Waals surface area contributed by atoms with E-state index in [1.54, 1.807) is 6.20 Å². The van der Waals surface area contributed by atoms with Crippen molar-refractivity contribution >= 4 is 5.95 Å². The van der Waals surface area contributed by atoms with Crippen LogP contribution < -0.4 is 5.73 Å². The van der Waals surface area contributed by atoms with Gasteiger partial charge in [-0.3, -0.25) is 9.58 Å². The minimum Gasteiger partial charge on any atom is -0.368 e. The quantitative estimate of drug-likeness (QED) is 0.908. The first-order valence-corrected chi connectivity index (χ1v) is 6.99. The SMILES string of the molecule is Cn1cc(CN2CCCC(c3ccnc(N)n3)C2)cn1. The molecule has 106 valence electrons. The molecule has 6 nitrogen and oxygen atoms in total. The molecule has 2 aromatic heterocycles. The Morgan fingerprint density at radius 2 is 2.35 bits per heavy atom. The summed E-state index contributed by atoms with van der Waals surface area (Å²) in [5, 5.41) is 4.22. The van der Waals surface area contributed by atoms with E-state index in [1.807, 2.05) is 24.0 Å². The highest BCUT2D eigenvalue weighted by Crippen LogP contribution is 2.26. The van der Waals surface area contributed by atoms with Gasteiger partial charge in [0.25, 0.3) is 0 Å². The molecular formula is C14H20N6. The molecule has 1 atom stereocenters. The van der Waals surface area contributed by atoms with Crippen molar-refractivity contribution in [2.24, 2.45) is 7.05 Å². The second kappa shape index (κ2) is 5.58. The average molecular weight is 272 g/mol. The van der Waals surface area contributed by atoms with Gasteiger partial charge in [0.2, 0.25) is 5.95 Å². The minimum absolute atomic E-state index is 0.367. The first kappa shape index (κ1) is 13.1. The van der Waals surface area contributed by atoms with Crippen molar-refractivity contribution in [1.29, 1.82) is 0 Å². The van der Waals surface area contributed by atoms with E-state index in [9.17, 15) is 0 Å². The Balaban J connectivity index is 1.67. The number of anilines is 1. The van der Waals surface area contributed by atoms with Crippen LogP contribution in [0.15, 0.2) is 24.7 Å². The molecule has 1 unspecified atom stereocenters. The second-order valence-electron chi connectivity index (χ2n) is 5.44. The van der Waals surface area contributed by atoms with E-state index in [-0.39, 0.29) is 0 Å². The van der Waals surface area contributed by atoms with E-state index < -0.39 is 0 Å². The molecule has 0 aliphatic carbocycles. The molecule has 0 bridgehead atoms. The van der Waals surface area contributed by atoms with Gasteiger partial charge in [-0.15, -0.1) is 0 Å². The summed E-state index contributed by atoms with van der Waals surface area (Å²) in [5.74, 6) is 0.817. The fourth-order valence-electron chi connectivity index (χ4n) is 2.87. The van der Waals surface area contributed by atoms with Crippen LogP contribution in [0.4, 0.5) is 5.95 Å². The summed E-state index contributed by atoms with van der Waals surface area (Å²) in [6.07, 6.45) is 8.12. The predicted octanol–water partition coefficient (Wildman–Crippen LogP) is 1.17. The number of hydrogen-bond donors (Lipinski definition) is 1. The Morgan fingerprint density at radius 1 is 1.45 bits per heavy atom. The molecule has 20 heavy (non-hydrogen) atoms. The summed E-state index contributed by atoms with van der Waals surface area (Å²) in [4.78, 5) is 10.8. The van der Waals surface area contributed by atoms with Crippen molar-refractivity contribution in [2.45, 2.75) is 25.3 Å². The zero-order valence-electron chi connectivity index (χ0n) is 11.7. The lowest BCUT2D eigenvalue weighted by atomic mass is 9.94. The van der Waals surface area contributed by atoms with E-state index in [0.29, 0.717) is 11.9 Å². The number of piperidine rings is 1. The van der Waals surface area contributed by atoms with Crippen LogP contribution in [0.5, 0.6) is 0 Å². The molecule has 3 rings (SSSR count). The van der Waals surface area contributed by atoms with Crippen LogP contribution >= 0.6 is 0 Å². The highest BCUT2D eigenvalue weighted by molar-refractivity contribution is 5.20. The summed E-state index contributed by atoms with van der Waals surface area (Å²) in [5.41, 5.74) is 8.00. The summed E-state index contributed by atoms with van der Waals surface area (Å²) in [6.45, 7) is 3.10. The zero-order valence-corrected chi connectivity index (χ0v) is 11.7. The van der Waals surface area contributed by atoms with E-state index in [2.05, 4.69) is 26.2 Å². The van der Waals surface area contributed by atoms with E-state index >= 15 is 0 Å². The van der Waals surface area contributed by atoms with Crippen LogP contribution in [0.2, 0.25) is 0 Å². The highest BCUT2D eigenvalue weighted by Gasteiger charge is 2.22. The molecule has 0 amide bonds. The molecule has 2 N–H and O–H groups in total. The van der Waals surface area contributed by atoms with E-state index in [0.717, 1.165) is 25.3 Å². The maximum Gasteiger partial charge on any atom is 0.220 e.